The molecule has 0 fully saturated rings. The van der Waals surface area contributed by atoms with Crippen molar-refractivity contribution in [3.63, 3.8) is 0 Å². The molecule has 1 aromatic rings. The molecule has 4 nitrogen and oxygen atoms in total. The van der Waals surface area contributed by atoms with Gasteiger partial charge in [-0.15, -0.1) is 11.3 Å². The minimum Gasteiger partial charge on any atom is -0.348 e. The van der Waals surface area contributed by atoms with Crippen LogP contribution >= 0.6 is 11.3 Å². The van der Waals surface area contributed by atoms with Gasteiger partial charge in [0.2, 0.25) is 11.8 Å². The molecule has 0 spiro atoms. The summed E-state index contributed by atoms with van der Waals surface area (Å²) in [6, 6.07) is 4.13. The van der Waals surface area contributed by atoms with Crippen molar-refractivity contribution < 1.29 is 9.59 Å². The van der Waals surface area contributed by atoms with E-state index in [9.17, 15) is 9.59 Å². The van der Waals surface area contributed by atoms with E-state index in [4.69, 9.17) is 0 Å². The van der Waals surface area contributed by atoms with Crippen molar-refractivity contribution in [1.29, 1.82) is 0 Å². The molecule has 1 N–H and O–H groups in total. The Morgan fingerprint density at radius 1 is 1.17 bits per heavy atom. The largest absolute Gasteiger partial charge is 0.348 e. The van der Waals surface area contributed by atoms with E-state index < -0.39 is 0 Å². The highest BCUT2D eigenvalue weighted by atomic mass is 32.1. The SMILES string of the molecule is CCCN(CCC)C(=O)CCCC(=O)NC(c1cccs1)C(C)C. The van der Waals surface area contributed by atoms with Crippen molar-refractivity contribution in [2.24, 2.45) is 5.92 Å². The number of hydrogen-bond donors (Lipinski definition) is 1. The Bertz CT molecular complexity index is 480. The van der Waals surface area contributed by atoms with Crippen LogP contribution in [-0.4, -0.2) is 29.8 Å². The molecule has 1 heterocycles. The van der Waals surface area contributed by atoms with Gasteiger partial charge in [0.05, 0.1) is 6.04 Å². The van der Waals surface area contributed by atoms with Crippen LogP contribution in [0.25, 0.3) is 0 Å². The first-order valence-electron chi connectivity index (χ1n) is 9.10. The molecule has 1 aromatic heterocycles. The zero-order valence-electron chi connectivity index (χ0n) is 15.5. The van der Waals surface area contributed by atoms with Crippen LogP contribution in [0.15, 0.2) is 17.5 Å². The van der Waals surface area contributed by atoms with Gasteiger partial charge < -0.3 is 10.2 Å². The summed E-state index contributed by atoms with van der Waals surface area (Å²) in [5.41, 5.74) is 0. The second-order valence-corrected chi connectivity index (χ2v) is 7.52. The van der Waals surface area contributed by atoms with Crippen LogP contribution < -0.4 is 5.32 Å². The summed E-state index contributed by atoms with van der Waals surface area (Å²) >= 11 is 1.67. The Morgan fingerprint density at radius 2 is 1.83 bits per heavy atom. The molecule has 0 aromatic carbocycles. The van der Waals surface area contributed by atoms with Gasteiger partial charge in [-0.2, -0.15) is 0 Å². The molecule has 24 heavy (non-hydrogen) atoms. The molecule has 1 atom stereocenters. The summed E-state index contributed by atoms with van der Waals surface area (Å²) in [6.07, 6.45) is 3.43. The number of carbonyl (C=O) groups is 2. The van der Waals surface area contributed by atoms with Gasteiger partial charge in [-0.05, 0) is 36.6 Å². The standard InChI is InChI=1S/C19H32N2O2S/c1-5-12-21(13-6-2)18(23)11-7-10-17(22)20-19(15(3)4)16-9-8-14-24-16/h8-9,14-15,19H,5-7,10-13H2,1-4H3,(H,20,22). The highest BCUT2D eigenvalue weighted by molar-refractivity contribution is 7.10. The van der Waals surface area contributed by atoms with Gasteiger partial charge >= 0.3 is 0 Å². The Kier molecular flexibility index (Phi) is 9.69. The maximum absolute atomic E-state index is 12.2. The lowest BCUT2D eigenvalue weighted by Gasteiger charge is -2.22. The molecule has 0 saturated carbocycles. The molecule has 2 amide bonds. The fourth-order valence-electron chi connectivity index (χ4n) is 2.74. The van der Waals surface area contributed by atoms with Crippen LogP contribution in [0.1, 0.15) is 70.7 Å². The van der Waals surface area contributed by atoms with Crippen LogP contribution in [0.4, 0.5) is 0 Å². The number of nitrogens with zero attached hydrogens (tertiary/aromatic N) is 1. The van der Waals surface area contributed by atoms with Crippen molar-refractivity contribution >= 4 is 23.2 Å². The van der Waals surface area contributed by atoms with Gasteiger partial charge in [0, 0.05) is 30.8 Å². The van der Waals surface area contributed by atoms with E-state index >= 15 is 0 Å². The monoisotopic (exact) mass is 352 g/mol. The predicted molar refractivity (Wildman–Crippen MR) is 101 cm³/mol. The molecule has 0 saturated heterocycles. The van der Waals surface area contributed by atoms with E-state index in [0.29, 0.717) is 25.2 Å². The Balaban J connectivity index is 2.41. The summed E-state index contributed by atoms with van der Waals surface area (Å²) < 4.78 is 0. The Labute approximate surface area is 150 Å². The molecule has 0 radical (unpaired) electrons. The van der Waals surface area contributed by atoms with E-state index in [-0.39, 0.29) is 17.9 Å². The fraction of sp³-hybridized carbons (Fsp3) is 0.684. The highest BCUT2D eigenvalue weighted by Gasteiger charge is 2.19. The van der Waals surface area contributed by atoms with Gasteiger partial charge in [0.1, 0.15) is 0 Å². The lowest BCUT2D eigenvalue weighted by molar-refractivity contribution is -0.131. The van der Waals surface area contributed by atoms with Gasteiger partial charge in [-0.1, -0.05) is 33.8 Å². The van der Waals surface area contributed by atoms with Gasteiger partial charge in [-0.3, -0.25) is 9.59 Å². The molecule has 1 rings (SSSR count). The first-order chi connectivity index (χ1) is 11.5. The zero-order valence-corrected chi connectivity index (χ0v) is 16.3. The number of thiophene rings is 1. The molecule has 136 valence electrons. The summed E-state index contributed by atoms with van der Waals surface area (Å²) in [7, 11) is 0. The van der Waals surface area contributed by atoms with E-state index in [2.05, 4.69) is 39.1 Å². The van der Waals surface area contributed by atoms with Crippen molar-refractivity contribution in [3.05, 3.63) is 22.4 Å². The van der Waals surface area contributed by atoms with Gasteiger partial charge in [0.15, 0.2) is 0 Å². The smallest absolute Gasteiger partial charge is 0.222 e. The van der Waals surface area contributed by atoms with Crippen molar-refractivity contribution in [1.82, 2.24) is 10.2 Å². The number of hydrogen-bond acceptors (Lipinski definition) is 3. The topological polar surface area (TPSA) is 49.4 Å². The molecule has 0 aliphatic rings. The summed E-state index contributed by atoms with van der Waals surface area (Å²) in [5, 5.41) is 5.15. The fourth-order valence-corrected chi connectivity index (χ4v) is 3.69. The average molecular weight is 353 g/mol. The predicted octanol–water partition coefficient (Wildman–Crippen LogP) is 4.38. The molecule has 0 bridgehead atoms. The number of amides is 2. The maximum Gasteiger partial charge on any atom is 0.222 e. The average Bonchev–Trinajstić information content (AvgIpc) is 3.06. The number of carbonyl (C=O) groups excluding carboxylic acids is 2. The van der Waals surface area contributed by atoms with E-state index in [1.54, 1.807) is 11.3 Å². The molecule has 0 aliphatic heterocycles. The van der Waals surface area contributed by atoms with E-state index in [0.717, 1.165) is 25.9 Å². The van der Waals surface area contributed by atoms with Crippen LogP contribution in [0.2, 0.25) is 0 Å². The van der Waals surface area contributed by atoms with Gasteiger partial charge in [-0.25, -0.2) is 0 Å². The molecule has 5 heteroatoms. The van der Waals surface area contributed by atoms with Crippen LogP contribution in [-0.2, 0) is 9.59 Å². The summed E-state index contributed by atoms with van der Waals surface area (Å²) in [5.74, 6) is 0.552. The first-order valence-corrected chi connectivity index (χ1v) is 9.98. The van der Waals surface area contributed by atoms with Crippen molar-refractivity contribution in [2.75, 3.05) is 13.1 Å². The lowest BCUT2D eigenvalue weighted by Crippen LogP contribution is -2.33. The summed E-state index contributed by atoms with van der Waals surface area (Å²) in [6.45, 7) is 10.0. The normalized spacial score (nSPS) is 12.2. The third kappa shape index (κ3) is 7.04. The molecular weight excluding hydrogens is 320 g/mol. The molecule has 1 unspecified atom stereocenters. The van der Waals surface area contributed by atoms with Crippen LogP contribution in [0, 0.1) is 5.92 Å². The molecular formula is C19H32N2O2S. The highest BCUT2D eigenvalue weighted by Crippen LogP contribution is 2.25. The Hall–Kier alpha value is -1.36. The number of rotatable bonds is 11. The van der Waals surface area contributed by atoms with Crippen LogP contribution in [0.5, 0.6) is 0 Å². The van der Waals surface area contributed by atoms with E-state index in [1.807, 2.05) is 16.3 Å². The van der Waals surface area contributed by atoms with Crippen molar-refractivity contribution in [2.45, 2.75) is 65.8 Å². The third-order valence-corrected chi connectivity index (χ3v) is 4.92. The first kappa shape index (κ1) is 20.7. The third-order valence-electron chi connectivity index (χ3n) is 3.97. The Morgan fingerprint density at radius 3 is 2.33 bits per heavy atom. The molecule has 0 aliphatic carbocycles. The van der Waals surface area contributed by atoms with Crippen LogP contribution in [0.3, 0.4) is 0 Å². The second-order valence-electron chi connectivity index (χ2n) is 6.54. The number of nitrogens with one attached hydrogen (secondary N) is 1. The lowest BCUT2D eigenvalue weighted by atomic mass is 10.0. The maximum atomic E-state index is 12.2. The van der Waals surface area contributed by atoms with Gasteiger partial charge in [0.25, 0.3) is 0 Å². The minimum atomic E-state index is 0.0347. The minimum absolute atomic E-state index is 0.0347. The van der Waals surface area contributed by atoms with E-state index in [1.165, 1.54) is 4.88 Å². The summed E-state index contributed by atoms with van der Waals surface area (Å²) in [4.78, 5) is 27.5. The second kappa shape index (κ2) is 11.2. The quantitative estimate of drug-likeness (QED) is 0.642. The van der Waals surface area contributed by atoms with Crippen molar-refractivity contribution in [3.8, 4) is 0 Å². The zero-order chi connectivity index (χ0) is 17.9.